The molecule has 2 rings (SSSR count). The number of hydrogen-bond donors (Lipinski definition) is 1. The normalized spacial score (nSPS) is 12.3. The minimum atomic E-state index is -0.436. The Morgan fingerprint density at radius 3 is 2.07 bits per heavy atom. The molecule has 2 aromatic carbocycles. The van der Waals surface area contributed by atoms with E-state index < -0.39 is 6.04 Å². The minimum absolute atomic E-state index is 0.0290. The lowest BCUT2D eigenvalue weighted by molar-refractivity contribution is -0.140. The van der Waals surface area contributed by atoms with Crippen LogP contribution >= 0.6 is 0 Å². The topological polar surface area (TPSA) is 49.4 Å². The SMILES string of the molecule is CCC(C(=O)NC)N(CCc1ccccc1)C(=O)CCc1ccc(C(C)(C)C)cc1. The summed E-state index contributed by atoms with van der Waals surface area (Å²) in [4.78, 5) is 27.3. The maximum absolute atomic E-state index is 13.1. The van der Waals surface area contributed by atoms with Crippen LogP contribution in [0.2, 0.25) is 0 Å². The van der Waals surface area contributed by atoms with Gasteiger partial charge in [0.25, 0.3) is 0 Å². The third-order valence-corrected chi connectivity index (χ3v) is 5.56. The zero-order chi connectivity index (χ0) is 22.1. The van der Waals surface area contributed by atoms with Crippen LogP contribution in [-0.4, -0.2) is 36.3 Å². The Hall–Kier alpha value is -2.62. The molecule has 0 fully saturated rings. The van der Waals surface area contributed by atoms with Gasteiger partial charge in [-0.05, 0) is 41.4 Å². The number of nitrogens with zero attached hydrogens (tertiary/aromatic N) is 1. The van der Waals surface area contributed by atoms with Gasteiger partial charge in [0.1, 0.15) is 6.04 Å². The van der Waals surface area contributed by atoms with Gasteiger partial charge in [0, 0.05) is 20.0 Å². The zero-order valence-electron chi connectivity index (χ0n) is 19.1. The summed E-state index contributed by atoms with van der Waals surface area (Å²) in [5.41, 5.74) is 3.71. The molecule has 0 aromatic heterocycles. The first-order valence-electron chi connectivity index (χ1n) is 10.9. The fourth-order valence-corrected chi connectivity index (χ4v) is 3.63. The molecule has 0 bridgehead atoms. The number of benzene rings is 2. The molecule has 1 atom stereocenters. The lowest BCUT2D eigenvalue weighted by atomic mass is 9.86. The number of aryl methyl sites for hydroxylation is 1. The summed E-state index contributed by atoms with van der Waals surface area (Å²) < 4.78 is 0. The maximum atomic E-state index is 13.1. The number of amides is 2. The predicted molar refractivity (Wildman–Crippen MR) is 123 cm³/mol. The maximum Gasteiger partial charge on any atom is 0.242 e. The molecule has 162 valence electrons. The van der Waals surface area contributed by atoms with Crippen molar-refractivity contribution in [2.75, 3.05) is 13.6 Å². The Morgan fingerprint density at radius 2 is 1.53 bits per heavy atom. The first-order chi connectivity index (χ1) is 14.3. The third kappa shape index (κ3) is 6.72. The van der Waals surface area contributed by atoms with Crippen LogP contribution in [0.3, 0.4) is 0 Å². The van der Waals surface area contributed by atoms with Gasteiger partial charge < -0.3 is 10.2 Å². The minimum Gasteiger partial charge on any atom is -0.357 e. The van der Waals surface area contributed by atoms with Crippen LogP contribution in [0.5, 0.6) is 0 Å². The number of carbonyl (C=O) groups excluding carboxylic acids is 2. The van der Waals surface area contributed by atoms with E-state index in [1.165, 1.54) is 11.1 Å². The first kappa shape index (κ1) is 23.7. The fourth-order valence-electron chi connectivity index (χ4n) is 3.63. The average molecular weight is 409 g/mol. The molecule has 0 saturated heterocycles. The van der Waals surface area contributed by atoms with Gasteiger partial charge in [-0.25, -0.2) is 0 Å². The van der Waals surface area contributed by atoms with E-state index in [-0.39, 0.29) is 17.2 Å². The molecule has 4 heteroatoms. The van der Waals surface area contributed by atoms with Crippen LogP contribution < -0.4 is 5.32 Å². The summed E-state index contributed by atoms with van der Waals surface area (Å²) in [6, 6.07) is 18.2. The van der Waals surface area contributed by atoms with Crippen molar-refractivity contribution in [2.45, 2.75) is 64.8 Å². The molecule has 1 N–H and O–H groups in total. The molecule has 0 heterocycles. The Labute approximate surface area is 181 Å². The number of rotatable bonds is 9. The van der Waals surface area contributed by atoms with Crippen molar-refractivity contribution in [1.82, 2.24) is 10.2 Å². The van der Waals surface area contributed by atoms with Crippen molar-refractivity contribution in [3.63, 3.8) is 0 Å². The molecule has 0 aliphatic carbocycles. The van der Waals surface area contributed by atoms with E-state index in [0.717, 1.165) is 12.0 Å². The molecule has 0 aliphatic heterocycles. The van der Waals surface area contributed by atoms with Crippen molar-refractivity contribution in [3.05, 3.63) is 71.3 Å². The summed E-state index contributed by atoms with van der Waals surface area (Å²) in [6.45, 7) is 9.07. The van der Waals surface area contributed by atoms with E-state index in [9.17, 15) is 9.59 Å². The fraction of sp³-hybridized carbons (Fsp3) is 0.462. The summed E-state index contributed by atoms with van der Waals surface area (Å²) in [5, 5.41) is 2.71. The second kappa shape index (κ2) is 11.0. The van der Waals surface area contributed by atoms with Crippen molar-refractivity contribution in [1.29, 1.82) is 0 Å². The molecule has 0 aliphatic rings. The molecule has 2 amide bonds. The smallest absolute Gasteiger partial charge is 0.242 e. The van der Waals surface area contributed by atoms with Gasteiger partial charge in [0.05, 0.1) is 0 Å². The Bertz CT molecular complexity index is 807. The third-order valence-electron chi connectivity index (χ3n) is 5.56. The van der Waals surface area contributed by atoms with Crippen LogP contribution in [0.1, 0.15) is 57.2 Å². The van der Waals surface area contributed by atoms with Crippen LogP contribution in [0.15, 0.2) is 54.6 Å². The zero-order valence-corrected chi connectivity index (χ0v) is 19.1. The van der Waals surface area contributed by atoms with E-state index in [0.29, 0.717) is 25.8 Å². The second-order valence-electron chi connectivity index (χ2n) is 8.81. The number of nitrogens with one attached hydrogen (secondary N) is 1. The van der Waals surface area contributed by atoms with Crippen molar-refractivity contribution in [2.24, 2.45) is 0 Å². The van der Waals surface area contributed by atoms with E-state index in [1.54, 1.807) is 11.9 Å². The van der Waals surface area contributed by atoms with Crippen molar-refractivity contribution >= 4 is 11.8 Å². The van der Waals surface area contributed by atoms with Crippen LogP contribution in [-0.2, 0) is 27.8 Å². The lowest BCUT2D eigenvalue weighted by Gasteiger charge is -2.30. The summed E-state index contributed by atoms with van der Waals surface area (Å²) in [6.07, 6.45) is 2.41. The largest absolute Gasteiger partial charge is 0.357 e. The molecule has 1 unspecified atom stereocenters. The quantitative estimate of drug-likeness (QED) is 0.663. The van der Waals surface area contributed by atoms with Gasteiger partial charge >= 0.3 is 0 Å². The monoisotopic (exact) mass is 408 g/mol. The Balaban J connectivity index is 2.08. The van der Waals surface area contributed by atoms with Gasteiger partial charge in [0.15, 0.2) is 0 Å². The summed E-state index contributed by atoms with van der Waals surface area (Å²) in [7, 11) is 1.63. The van der Waals surface area contributed by atoms with Gasteiger partial charge in [-0.1, -0.05) is 82.3 Å². The average Bonchev–Trinajstić information content (AvgIpc) is 2.74. The van der Waals surface area contributed by atoms with Crippen molar-refractivity contribution in [3.8, 4) is 0 Å². The summed E-state index contributed by atoms with van der Waals surface area (Å²) >= 11 is 0. The van der Waals surface area contributed by atoms with Gasteiger partial charge in [-0.2, -0.15) is 0 Å². The Morgan fingerprint density at radius 1 is 0.933 bits per heavy atom. The number of carbonyl (C=O) groups is 2. The molecule has 4 nitrogen and oxygen atoms in total. The first-order valence-corrected chi connectivity index (χ1v) is 10.9. The van der Waals surface area contributed by atoms with Gasteiger partial charge in [-0.3, -0.25) is 9.59 Å². The molecule has 0 radical (unpaired) electrons. The van der Waals surface area contributed by atoms with Gasteiger partial charge in [0.2, 0.25) is 11.8 Å². The molecule has 0 saturated carbocycles. The molecule has 30 heavy (non-hydrogen) atoms. The molecule has 2 aromatic rings. The predicted octanol–water partition coefficient (Wildman–Crippen LogP) is 4.51. The van der Waals surface area contributed by atoms with E-state index in [2.05, 4.69) is 62.5 Å². The number of likely N-dealkylation sites (N-methyl/N-ethyl adjacent to an activating group) is 1. The van der Waals surface area contributed by atoms with Crippen LogP contribution in [0.4, 0.5) is 0 Å². The highest BCUT2D eigenvalue weighted by Crippen LogP contribution is 2.22. The highest BCUT2D eigenvalue weighted by Gasteiger charge is 2.27. The molecular weight excluding hydrogens is 372 g/mol. The van der Waals surface area contributed by atoms with E-state index in [1.807, 2.05) is 25.1 Å². The highest BCUT2D eigenvalue weighted by molar-refractivity contribution is 5.87. The van der Waals surface area contributed by atoms with Crippen molar-refractivity contribution < 1.29 is 9.59 Å². The van der Waals surface area contributed by atoms with Crippen LogP contribution in [0, 0.1) is 0 Å². The molecule has 0 spiro atoms. The standard InChI is InChI=1S/C26H36N2O2/c1-6-23(25(30)27-5)28(19-18-20-10-8-7-9-11-20)24(29)17-14-21-12-15-22(16-13-21)26(2,3)4/h7-13,15-16,23H,6,14,17-19H2,1-5H3,(H,27,30). The van der Waals surface area contributed by atoms with Gasteiger partial charge in [-0.15, -0.1) is 0 Å². The number of hydrogen-bond acceptors (Lipinski definition) is 2. The second-order valence-corrected chi connectivity index (χ2v) is 8.81. The van der Waals surface area contributed by atoms with Crippen LogP contribution in [0.25, 0.3) is 0 Å². The van der Waals surface area contributed by atoms with E-state index >= 15 is 0 Å². The summed E-state index contributed by atoms with van der Waals surface area (Å²) in [5.74, 6) is -0.0743. The highest BCUT2D eigenvalue weighted by atomic mass is 16.2. The van der Waals surface area contributed by atoms with E-state index in [4.69, 9.17) is 0 Å². The molecular formula is C26H36N2O2. The Kier molecular flexibility index (Phi) is 8.64. The lowest BCUT2D eigenvalue weighted by Crippen LogP contribution is -2.49.